The van der Waals surface area contributed by atoms with Crippen LogP contribution < -0.4 is 16.0 Å². The maximum absolute atomic E-state index is 13.0. The van der Waals surface area contributed by atoms with E-state index in [9.17, 15) is 24.3 Å². The van der Waals surface area contributed by atoms with Gasteiger partial charge < -0.3 is 25.8 Å². The van der Waals surface area contributed by atoms with Gasteiger partial charge in [0.1, 0.15) is 18.2 Å². The van der Waals surface area contributed by atoms with E-state index >= 15 is 0 Å². The van der Waals surface area contributed by atoms with Crippen molar-refractivity contribution >= 4 is 45.3 Å². The van der Waals surface area contributed by atoms with Gasteiger partial charge in [0.15, 0.2) is 0 Å². The van der Waals surface area contributed by atoms with Crippen LogP contribution in [-0.4, -0.2) is 70.6 Å². The molecule has 9 nitrogen and oxygen atoms in total. The molecule has 0 spiro atoms. The number of nitrogens with one attached hydrogen (secondary N) is 3. The third-order valence-corrected chi connectivity index (χ3v) is 7.37. The van der Waals surface area contributed by atoms with E-state index in [0.717, 1.165) is 5.75 Å². The number of carbonyl (C=O) groups is 4. The van der Waals surface area contributed by atoms with Crippen molar-refractivity contribution in [2.45, 2.75) is 70.4 Å². The second-order valence-electron chi connectivity index (χ2n) is 7.96. The van der Waals surface area contributed by atoms with E-state index < -0.39 is 54.0 Å². The summed E-state index contributed by atoms with van der Waals surface area (Å²) < 4.78 is 5.43. The summed E-state index contributed by atoms with van der Waals surface area (Å²) in [7, 11) is 3.02. The first kappa shape index (κ1) is 25.5. The molecule has 11 heteroatoms. The first-order valence-corrected chi connectivity index (χ1v) is 12.8. The van der Waals surface area contributed by atoms with Gasteiger partial charge in [-0.25, -0.2) is 0 Å². The molecular formula is C20H31N3O6S2. The van der Waals surface area contributed by atoms with Crippen LogP contribution in [0, 0.1) is 5.92 Å². The average molecular weight is 474 g/mol. The Balaban J connectivity index is 2.41. The van der Waals surface area contributed by atoms with Crippen LogP contribution in [-0.2, 0) is 23.9 Å². The molecular weight excluding hydrogens is 442 g/mol. The van der Waals surface area contributed by atoms with E-state index in [-0.39, 0.29) is 18.8 Å². The fourth-order valence-electron chi connectivity index (χ4n) is 3.20. The largest absolute Gasteiger partial charge is 0.457 e. The van der Waals surface area contributed by atoms with Gasteiger partial charge in [0.2, 0.25) is 17.7 Å². The SMILES string of the molecule is CC1NC(=O)CC2/C=C/CCSSCC(NC1=O)C(=O)NC(C(C)C)[C@@H](O)CC(=O)O2. The van der Waals surface area contributed by atoms with Crippen molar-refractivity contribution in [2.75, 3.05) is 11.5 Å². The van der Waals surface area contributed by atoms with Crippen LogP contribution in [0.15, 0.2) is 12.2 Å². The monoisotopic (exact) mass is 473 g/mol. The third-order valence-electron chi connectivity index (χ3n) is 4.93. The topological polar surface area (TPSA) is 134 Å². The lowest BCUT2D eigenvalue weighted by Gasteiger charge is -2.29. The number of aliphatic hydroxyl groups excluding tert-OH is 1. The van der Waals surface area contributed by atoms with Crippen LogP contribution in [0.5, 0.6) is 0 Å². The van der Waals surface area contributed by atoms with E-state index in [1.807, 2.05) is 19.9 Å². The molecule has 174 valence electrons. The summed E-state index contributed by atoms with van der Waals surface area (Å²) in [5.74, 6) is -1.17. The molecule has 2 aliphatic heterocycles. The highest BCUT2D eigenvalue weighted by molar-refractivity contribution is 8.76. The molecule has 2 aliphatic rings. The normalized spacial score (nSPS) is 33.1. The molecule has 2 rings (SSSR count). The van der Waals surface area contributed by atoms with Gasteiger partial charge in [-0.3, -0.25) is 19.2 Å². The van der Waals surface area contributed by atoms with Gasteiger partial charge in [0.25, 0.3) is 0 Å². The molecule has 4 unspecified atom stereocenters. The van der Waals surface area contributed by atoms with Crippen molar-refractivity contribution in [1.82, 2.24) is 16.0 Å². The second-order valence-corrected chi connectivity index (χ2v) is 10.6. The summed E-state index contributed by atoms with van der Waals surface area (Å²) in [6.07, 6.45) is 1.72. The number of rotatable bonds is 1. The lowest BCUT2D eigenvalue weighted by atomic mass is 9.96. The van der Waals surface area contributed by atoms with Crippen molar-refractivity contribution < 1.29 is 29.0 Å². The molecule has 1 saturated heterocycles. The number of fused-ring (bicyclic) bond motifs is 7. The maximum atomic E-state index is 13.0. The van der Waals surface area contributed by atoms with Gasteiger partial charge >= 0.3 is 5.97 Å². The Morgan fingerprint density at radius 2 is 1.81 bits per heavy atom. The molecule has 0 aliphatic carbocycles. The van der Waals surface area contributed by atoms with Crippen molar-refractivity contribution in [3.8, 4) is 0 Å². The molecule has 0 aromatic rings. The Bertz CT molecular complexity index is 702. The molecule has 0 radical (unpaired) electrons. The standard InChI is InChI=1S/C20H31N3O6S2/c1-11(2)18-15(24)9-17(26)29-13-6-4-5-7-30-31-10-14(20(28)23-18)22-19(27)12(3)21-16(25)8-13/h4,6,11-15,18,24H,5,7-10H2,1-3H3,(H,21,25)(H,22,27)(H,23,28)/b6-4+/t12?,13?,14?,15-,18?/m0/s1. The van der Waals surface area contributed by atoms with E-state index in [0.29, 0.717) is 12.2 Å². The van der Waals surface area contributed by atoms with Gasteiger partial charge in [-0.05, 0) is 25.3 Å². The van der Waals surface area contributed by atoms with Gasteiger partial charge in [-0.1, -0.05) is 41.5 Å². The zero-order valence-electron chi connectivity index (χ0n) is 18.0. The minimum atomic E-state index is -1.18. The highest BCUT2D eigenvalue weighted by Gasteiger charge is 2.32. The summed E-state index contributed by atoms with van der Waals surface area (Å²) in [6.45, 7) is 5.17. The summed E-state index contributed by atoms with van der Waals surface area (Å²) in [5, 5.41) is 18.7. The fraction of sp³-hybridized carbons (Fsp3) is 0.700. The zero-order valence-corrected chi connectivity index (χ0v) is 19.6. The van der Waals surface area contributed by atoms with Crippen LogP contribution in [0.25, 0.3) is 0 Å². The Morgan fingerprint density at radius 1 is 1.06 bits per heavy atom. The van der Waals surface area contributed by atoms with E-state index in [1.165, 1.54) is 17.7 Å². The molecule has 31 heavy (non-hydrogen) atoms. The minimum Gasteiger partial charge on any atom is -0.457 e. The third kappa shape index (κ3) is 8.38. The van der Waals surface area contributed by atoms with Crippen molar-refractivity contribution in [3.63, 3.8) is 0 Å². The quantitative estimate of drug-likeness (QED) is 0.246. The van der Waals surface area contributed by atoms with Crippen molar-refractivity contribution in [3.05, 3.63) is 12.2 Å². The number of esters is 1. The number of aliphatic hydroxyl groups is 1. The lowest BCUT2D eigenvalue weighted by Crippen LogP contribution is -2.57. The van der Waals surface area contributed by atoms with Gasteiger partial charge in [-0.15, -0.1) is 0 Å². The molecule has 3 amide bonds. The van der Waals surface area contributed by atoms with Crippen LogP contribution in [0.4, 0.5) is 0 Å². The summed E-state index contributed by atoms with van der Waals surface area (Å²) >= 11 is 0. The molecule has 0 aromatic heterocycles. The molecule has 5 atom stereocenters. The summed E-state index contributed by atoms with van der Waals surface area (Å²) in [5.41, 5.74) is 0. The molecule has 1 fully saturated rings. The molecule has 0 saturated carbocycles. The zero-order chi connectivity index (χ0) is 23.0. The smallest absolute Gasteiger partial charge is 0.309 e. The molecule has 2 bridgehead atoms. The van der Waals surface area contributed by atoms with Crippen LogP contribution in [0.2, 0.25) is 0 Å². The number of hydrogen-bond donors (Lipinski definition) is 4. The number of hydrogen-bond acceptors (Lipinski definition) is 8. The van der Waals surface area contributed by atoms with Crippen LogP contribution in [0.3, 0.4) is 0 Å². The highest BCUT2D eigenvalue weighted by atomic mass is 33.1. The molecule has 0 aromatic carbocycles. The van der Waals surface area contributed by atoms with Crippen LogP contribution >= 0.6 is 21.6 Å². The first-order chi connectivity index (χ1) is 14.7. The Kier molecular flexibility index (Phi) is 10.2. The van der Waals surface area contributed by atoms with E-state index in [1.54, 1.807) is 16.9 Å². The van der Waals surface area contributed by atoms with Crippen molar-refractivity contribution in [2.24, 2.45) is 5.92 Å². The minimum absolute atomic E-state index is 0.147. The Hall–Kier alpha value is -1.72. The van der Waals surface area contributed by atoms with Gasteiger partial charge in [0, 0.05) is 11.5 Å². The molecule has 2 heterocycles. The fourth-order valence-corrected chi connectivity index (χ4v) is 5.36. The van der Waals surface area contributed by atoms with E-state index in [4.69, 9.17) is 4.74 Å². The Labute approximate surface area is 190 Å². The summed E-state index contributed by atoms with van der Waals surface area (Å²) in [6, 6.07) is -2.44. The highest BCUT2D eigenvalue weighted by Crippen LogP contribution is 2.24. The number of ether oxygens (including phenoxy) is 1. The molecule has 4 N–H and O–H groups in total. The number of carbonyl (C=O) groups excluding carboxylic acids is 4. The predicted molar refractivity (Wildman–Crippen MR) is 120 cm³/mol. The summed E-state index contributed by atoms with van der Waals surface area (Å²) in [4.78, 5) is 50.4. The maximum Gasteiger partial charge on any atom is 0.309 e. The predicted octanol–water partition coefficient (Wildman–Crippen LogP) is 0.525. The van der Waals surface area contributed by atoms with Gasteiger partial charge in [0.05, 0.1) is 25.0 Å². The first-order valence-electron chi connectivity index (χ1n) is 10.4. The van der Waals surface area contributed by atoms with Crippen molar-refractivity contribution in [1.29, 1.82) is 0 Å². The van der Waals surface area contributed by atoms with Crippen LogP contribution in [0.1, 0.15) is 40.0 Å². The van der Waals surface area contributed by atoms with Gasteiger partial charge in [-0.2, -0.15) is 0 Å². The lowest BCUT2D eigenvalue weighted by molar-refractivity contribution is -0.151. The second kappa shape index (κ2) is 12.4. The van der Waals surface area contributed by atoms with E-state index in [2.05, 4.69) is 16.0 Å². The average Bonchev–Trinajstić information content (AvgIpc) is 2.68. The number of amides is 3. The Morgan fingerprint density at radius 3 is 2.52 bits per heavy atom. The number of allylic oxidation sites excluding steroid dienone is 1.